The fourth-order valence-corrected chi connectivity index (χ4v) is 2.71. The Kier molecular flexibility index (Phi) is 5.13. The molecule has 1 aliphatic heterocycles. The van der Waals surface area contributed by atoms with Gasteiger partial charge in [0.2, 0.25) is 0 Å². The first kappa shape index (κ1) is 16.4. The van der Waals surface area contributed by atoms with E-state index in [1.54, 1.807) is 23.2 Å². The molecule has 1 aliphatic rings. The summed E-state index contributed by atoms with van der Waals surface area (Å²) < 4.78 is 5.07. The number of esters is 1. The minimum absolute atomic E-state index is 0.0791. The second kappa shape index (κ2) is 6.87. The second-order valence-electron chi connectivity index (χ2n) is 6.42. The highest BCUT2D eigenvalue weighted by atomic mass is 16.6. The number of nitrogens with one attached hydrogen (secondary N) is 1. The van der Waals surface area contributed by atoms with Crippen LogP contribution < -0.4 is 5.32 Å². The minimum Gasteiger partial charge on any atom is -0.372 e. The normalized spacial score (nSPS) is 16.1. The Balaban J connectivity index is 2.10. The number of pyridine rings is 1. The van der Waals surface area contributed by atoms with Crippen molar-refractivity contribution < 1.29 is 14.3 Å². The third-order valence-corrected chi connectivity index (χ3v) is 3.67. The molecular weight excluding hydrogens is 282 g/mol. The van der Waals surface area contributed by atoms with Gasteiger partial charge in [-0.2, -0.15) is 0 Å². The lowest BCUT2D eigenvalue weighted by molar-refractivity contribution is 0.0298. The second-order valence-corrected chi connectivity index (χ2v) is 6.42. The van der Waals surface area contributed by atoms with E-state index in [1.807, 2.05) is 20.8 Å². The molecule has 6 heteroatoms. The summed E-state index contributed by atoms with van der Waals surface area (Å²) in [6.07, 6.45) is 4.07. The minimum atomic E-state index is -0.665. The van der Waals surface area contributed by atoms with Crippen LogP contribution in [0.15, 0.2) is 24.5 Å². The number of rotatable bonds is 2. The lowest BCUT2D eigenvalue weighted by Crippen LogP contribution is -2.55. The SMILES string of the molecule is CC(C)(C)N(C(=O)OC(=O)c1cccnc1)C1CCNCC1. The van der Waals surface area contributed by atoms with Gasteiger partial charge in [0.25, 0.3) is 0 Å². The van der Waals surface area contributed by atoms with Crippen molar-refractivity contribution in [2.45, 2.75) is 45.2 Å². The third kappa shape index (κ3) is 4.04. The summed E-state index contributed by atoms with van der Waals surface area (Å²) in [6, 6.07) is 3.29. The molecule has 2 heterocycles. The monoisotopic (exact) mass is 305 g/mol. The maximum Gasteiger partial charge on any atom is 0.418 e. The number of nitrogens with zero attached hydrogens (tertiary/aromatic N) is 2. The zero-order valence-corrected chi connectivity index (χ0v) is 13.3. The van der Waals surface area contributed by atoms with Gasteiger partial charge in [-0.05, 0) is 58.8 Å². The van der Waals surface area contributed by atoms with E-state index < -0.39 is 17.6 Å². The van der Waals surface area contributed by atoms with Gasteiger partial charge < -0.3 is 10.1 Å². The van der Waals surface area contributed by atoms with Crippen LogP contribution in [0.5, 0.6) is 0 Å². The molecule has 120 valence electrons. The Morgan fingerprint density at radius 1 is 1.32 bits per heavy atom. The van der Waals surface area contributed by atoms with Crippen molar-refractivity contribution >= 4 is 12.1 Å². The number of hydrogen-bond acceptors (Lipinski definition) is 5. The average molecular weight is 305 g/mol. The Labute approximate surface area is 130 Å². The number of hydrogen-bond donors (Lipinski definition) is 1. The first-order chi connectivity index (χ1) is 10.4. The van der Waals surface area contributed by atoms with Crippen molar-refractivity contribution in [2.24, 2.45) is 0 Å². The van der Waals surface area contributed by atoms with E-state index in [0.717, 1.165) is 25.9 Å². The van der Waals surface area contributed by atoms with E-state index >= 15 is 0 Å². The molecule has 1 saturated heterocycles. The molecule has 0 unspecified atom stereocenters. The molecule has 0 spiro atoms. The van der Waals surface area contributed by atoms with Crippen LogP contribution in [0.3, 0.4) is 0 Å². The van der Waals surface area contributed by atoms with Gasteiger partial charge in [0, 0.05) is 24.0 Å². The molecule has 1 aromatic rings. The molecule has 1 fully saturated rings. The molecule has 0 atom stereocenters. The number of carbonyl (C=O) groups excluding carboxylic acids is 2. The highest BCUT2D eigenvalue weighted by molar-refractivity contribution is 5.96. The van der Waals surface area contributed by atoms with Gasteiger partial charge in [-0.15, -0.1) is 0 Å². The number of carbonyl (C=O) groups is 2. The standard InChI is InChI=1S/C16H23N3O3/c1-16(2,3)19(13-6-9-17-10-7-13)15(21)22-14(20)12-5-4-8-18-11-12/h4-5,8,11,13,17H,6-7,9-10H2,1-3H3. The lowest BCUT2D eigenvalue weighted by atomic mass is 9.98. The van der Waals surface area contributed by atoms with Crippen LogP contribution >= 0.6 is 0 Å². The summed E-state index contributed by atoms with van der Waals surface area (Å²) in [6.45, 7) is 7.57. The van der Waals surface area contributed by atoms with Crippen molar-refractivity contribution in [1.29, 1.82) is 0 Å². The van der Waals surface area contributed by atoms with Gasteiger partial charge in [-0.3, -0.25) is 9.88 Å². The van der Waals surface area contributed by atoms with E-state index in [-0.39, 0.29) is 11.6 Å². The maximum absolute atomic E-state index is 12.5. The quantitative estimate of drug-likeness (QED) is 0.670. The molecule has 1 aromatic heterocycles. The predicted octanol–water partition coefficient (Wildman–Crippen LogP) is 2.21. The van der Waals surface area contributed by atoms with Crippen LogP contribution in [-0.4, -0.2) is 46.6 Å². The summed E-state index contributed by atoms with van der Waals surface area (Å²) >= 11 is 0. The first-order valence-corrected chi connectivity index (χ1v) is 7.56. The molecule has 22 heavy (non-hydrogen) atoms. The lowest BCUT2D eigenvalue weighted by Gasteiger charge is -2.42. The van der Waals surface area contributed by atoms with E-state index in [9.17, 15) is 9.59 Å². The Hall–Kier alpha value is -1.95. The largest absolute Gasteiger partial charge is 0.418 e. The first-order valence-electron chi connectivity index (χ1n) is 7.56. The van der Waals surface area contributed by atoms with Crippen molar-refractivity contribution in [3.05, 3.63) is 30.1 Å². The molecule has 0 aromatic carbocycles. The molecule has 0 aliphatic carbocycles. The Bertz CT molecular complexity index is 519. The van der Waals surface area contributed by atoms with Crippen LogP contribution in [0.25, 0.3) is 0 Å². The predicted molar refractivity (Wildman–Crippen MR) is 82.5 cm³/mol. The van der Waals surface area contributed by atoms with Gasteiger partial charge in [0.05, 0.1) is 5.56 Å². The highest BCUT2D eigenvalue weighted by Crippen LogP contribution is 2.24. The molecule has 0 bridgehead atoms. The van der Waals surface area contributed by atoms with E-state index in [4.69, 9.17) is 4.74 Å². The smallest absolute Gasteiger partial charge is 0.372 e. The van der Waals surface area contributed by atoms with Crippen LogP contribution in [0.2, 0.25) is 0 Å². The number of amides is 1. The fraction of sp³-hybridized carbons (Fsp3) is 0.562. The molecule has 1 N–H and O–H groups in total. The van der Waals surface area contributed by atoms with Crippen LogP contribution in [0, 0.1) is 0 Å². The zero-order valence-electron chi connectivity index (χ0n) is 13.3. The number of ether oxygens (including phenoxy) is 1. The zero-order chi connectivity index (χ0) is 16.2. The average Bonchev–Trinajstić information content (AvgIpc) is 2.48. The summed E-state index contributed by atoms with van der Waals surface area (Å²) in [5.74, 6) is -0.665. The number of piperidine rings is 1. The molecule has 1 amide bonds. The maximum atomic E-state index is 12.5. The molecule has 0 radical (unpaired) electrons. The van der Waals surface area contributed by atoms with Crippen LogP contribution in [0.4, 0.5) is 4.79 Å². The van der Waals surface area contributed by atoms with Crippen molar-refractivity contribution in [3.8, 4) is 0 Å². The third-order valence-electron chi connectivity index (χ3n) is 3.67. The summed E-state index contributed by atoms with van der Waals surface area (Å²) in [5.41, 5.74) is -0.135. The number of aromatic nitrogens is 1. The molecule has 2 rings (SSSR count). The Morgan fingerprint density at radius 2 is 2.00 bits per heavy atom. The van der Waals surface area contributed by atoms with Gasteiger partial charge in [-0.25, -0.2) is 9.59 Å². The summed E-state index contributed by atoms with van der Waals surface area (Å²) in [5, 5.41) is 3.27. The fourth-order valence-electron chi connectivity index (χ4n) is 2.71. The van der Waals surface area contributed by atoms with Crippen molar-refractivity contribution in [2.75, 3.05) is 13.1 Å². The van der Waals surface area contributed by atoms with E-state index in [0.29, 0.717) is 0 Å². The summed E-state index contributed by atoms with van der Waals surface area (Å²) in [7, 11) is 0. The molecular formula is C16H23N3O3. The Morgan fingerprint density at radius 3 is 2.55 bits per heavy atom. The van der Waals surface area contributed by atoms with Crippen molar-refractivity contribution in [1.82, 2.24) is 15.2 Å². The van der Waals surface area contributed by atoms with E-state index in [2.05, 4.69) is 10.3 Å². The van der Waals surface area contributed by atoms with Gasteiger partial charge >= 0.3 is 12.1 Å². The topological polar surface area (TPSA) is 71.5 Å². The van der Waals surface area contributed by atoms with Crippen molar-refractivity contribution in [3.63, 3.8) is 0 Å². The highest BCUT2D eigenvalue weighted by Gasteiger charge is 2.36. The summed E-state index contributed by atoms with van der Waals surface area (Å²) in [4.78, 5) is 30.1. The van der Waals surface area contributed by atoms with Gasteiger partial charge in [0.1, 0.15) is 0 Å². The van der Waals surface area contributed by atoms with Crippen LogP contribution in [-0.2, 0) is 4.74 Å². The van der Waals surface area contributed by atoms with Crippen LogP contribution in [0.1, 0.15) is 44.0 Å². The van der Waals surface area contributed by atoms with Gasteiger partial charge in [0.15, 0.2) is 0 Å². The molecule has 0 saturated carbocycles. The van der Waals surface area contributed by atoms with Gasteiger partial charge in [-0.1, -0.05) is 0 Å². The molecule has 6 nitrogen and oxygen atoms in total. The van der Waals surface area contributed by atoms with E-state index in [1.165, 1.54) is 6.20 Å².